The summed E-state index contributed by atoms with van der Waals surface area (Å²) in [5.74, 6) is -0.189. The Labute approximate surface area is 170 Å². The monoisotopic (exact) mass is 401 g/mol. The van der Waals surface area contributed by atoms with Crippen LogP contribution in [0, 0.1) is 13.8 Å². The van der Waals surface area contributed by atoms with Gasteiger partial charge in [-0.1, -0.05) is 29.2 Å². The Hall–Kier alpha value is -2.97. The van der Waals surface area contributed by atoms with Gasteiger partial charge in [0.2, 0.25) is 0 Å². The fraction of sp³-hybridized carbons (Fsp3) is 0.550. The second-order valence-electron chi connectivity index (χ2n) is 7.44. The van der Waals surface area contributed by atoms with Gasteiger partial charge in [-0.2, -0.15) is 0 Å². The number of hydrogen-bond donors (Lipinski definition) is 0. The number of rotatable bonds is 5. The number of aryl methyl sites for hydroxylation is 3. The molecule has 2 aromatic rings. The maximum Gasteiger partial charge on any atom is 0.510 e. The van der Waals surface area contributed by atoms with Crippen LogP contribution in [0.1, 0.15) is 60.5 Å². The first-order chi connectivity index (χ1) is 13.9. The lowest BCUT2D eigenvalue weighted by molar-refractivity contribution is -0.00704. The third-order valence-electron chi connectivity index (χ3n) is 5.09. The highest BCUT2D eigenvalue weighted by Crippen LogP contribution is 2.23. The molecule has 1 atom stereocenters. The summed E-state index contributed by atoms with van der Waals surface area (Å²) in [5.41, 5.74) is 2.34. The zero-order valence-corrected chi connectivity index (χ0v) is 17.3. The number of tetrazole rings is 1. The SMILES string of the molecule is Cc1ccc(C(=O)N(c2nnnn2C)C(C)OC(=O)OC2CCCCC2)c(C)c1. The van der Waals surface area contributed by atoms with Crippen molar-refractivity contribution in [2.45, 2.75) is 65.2 Å². The van der Waals surface area contributed by atoms with Gasteiger partial charge in [-0.3, -0.25) is 4.79 Å². The Kier molecular flexibility index (Phi) is 6.46. The minimum Gasteiger partial charge on any atom is -0.431 e. The molecule has 1 heterocycles. The van der Waals surface area contributed by atoms with Gasteiger partial charge in [-0.15, -0.1) is 0 Å². The molecule has 0 aliphatic heterocycles. The van der Waals surface area contributed by atoms with Crippen molar-refractivity contribution in [3.63, 3.8) is 0 Å². The predicted molar refractivity (Wildman–Crippen MR) is 105 cm³/mol. The molecular weight excluding hydrogens is 374 g/mol. The van der Waals surface area contributed by atoms with Crippen LogP contribution in [0.4, 0.5) is 10.7 Å². The summed E-state index contributed by atoms with van der Waals surface area (Å²) in [6, 6.07) is 5.52. The third kappa shape index (κ3) is 4.90. The number of benzene rings is 1. The molecule has 0 spiro atoms. The first kappa shape index (κ1) is 20.8. The summed E-state index contributed by atoms with van der Waals surface area (Å²) in [6.07, 6.45) is 3.02. The molecule has 9 nitrogen and oxygen atoms in total. The van der Waals surface area contributed by atoms with Crippen molar-refractivity contribution in [3.05, 3.63) is 34.9 Å². The zero-order valence-electron chi connectivity index (χ0n) is 17.3. The Balaban J connectivity index is 1.80. The highest BCUT2D eigenvalue weighted by molar-refractivity contribution is 6.06. The second kappa shape index (κ2) is 9.02. The molecule has 9 heteroatoms. The molecular formula is C20H27N5O4. The highest BCUT2D eigenvalue weighted by Gasteiger charge is 2.32. The van der Waals surface area contributed by atoms with Gasteiger partial charge in [0.05, 0.1) is 0 Å². The van der Waals surface area contributed by atoms with Crippen molar-refractivity contribution in [1.29, 1.82) is 0 Å². The van der Waals surface area contributed by atoms with Crippen LogP contribution in [0.25, 0.3) is 0 Å². The minimum absolute atomic E-state index is 0.136. The number of ether oxygens (including phenoxy) is 2. The van der Waals surface area contributed by atoms with Crippen LogP contribution in [-0.2, 0) is 16.5 Å². The van der Waals surface area contributed by atoms with Gasteiger partial charge in [-0.25, -0.2) is 14.4 Å². The molecule has 1 aromatic heterocycles. The van der Waals surface area contributed by atoms with Crippen molar-refractivity contribution in [2.75, 3.05) is 4.90 Å². The standard InChI is InChI=1S/C20H27N5O4/c1-13-10-11-17(14(2)12-13)18(26)25(19-21-22-23-24(19)4)15(3)28-20(27)29-16-8-6-5-7-9-16/h10-12,15-16H,5-9H2,1-4H3. The third-order valence-corrected chi connectivity index (χ3v) is 5.09. The minimum atomic E-state index is -0.955. The number of anilines is 1. The Morgan fingerprint density at radius 3 is 2.55 bits per heavy atom. The van der Waals surface area contributed by atoms with Crippen molar-refractivity contribution in [1.82, 2.24) is 20.2 Å². The van der Waals surface area contributed by atoms with Gasteiger partial charge < -0.3 is 9.47 Å². The summed E-state index contributed by atoms with van der Waals surface area (Å²) in [4.78, 5) is 26.9. The van der Waals surface area contributed by atoms with Crippen LogP contribution in [0.3, 0.4) is 0 Å². The fourth-order valence-electron chi connectivity index (χ4n) is 3.57. The average molecular weight is 401 g/mol. The molecule has 1 amide bonds. The largest absolute Gasteiger partial charge is 0.510 e. The average Bonchev–Trinajstić information content (AvgIpc) is 3.08. The number of carbonyl (C=O) groups is 2. The van der Waals surface area contributed by atoms with Crippen molar-refractivity contribution >= 4 is 18.0 Å². The summed E-state index contributed by atoms with van der Waals surface area (Å²) in [7, 11) is 1.62. The number of nitrogens with zero attached hydrogens (tertiary/aromatic N) is 5. The van der Waals surface area contributed by atoms with Gasteiger partial charge in [0, 0.05) is 12.6 Å². The maximum atomic E-state index is 13.3. The maximum absolute atomic E-state index is 13.3. The van der Waals surface area contributed by atoms with Crippen molar-refractivity contribution in [3.8, 4) is 0 Å². The van der Waals surface area contributed by atoms with Crippen LogP contribution in [-0.4, -0.2) is 44.6 Å². The van der Waals surface area contributed by atoms with Crippen LogP contribution in [0.2, 0.25) is 0 Å². The Morgan fingerprint density at radius 1 is 1.21 bits per heavy atom. The molecule has 1 unspecified atom stereocenters. The number of carbonyl (C=O) groups excluding carboxylic acids is 2. The quantitative estimate of drug-likeness (QED) is 0.560. The molecule has 3 rings (SSSR count). The molecule has 0 N–H and O–H groups in total. The second-order valence-corrected chi connectivity index (χ2v) is 7.44. The van der Waals surface area contributed by atoms with E-state index < -0.39 is 12.4 Å². The van der Waals surface area contributed by atoms with E-state index in [2.05, 4.69) is 15.5 Å². The van der Waals surface area contributed by atoms with Crippen LogP contribution >= 0.6 is 0 Å². The predicted octanol–water partition coefficient (Wildman–Crippen LogP) is 3.31. The molecule has 0 saturated heterocycles. The molecule has 1 saturated carbocycles. The normalized spacial score (nSPS) is 15.6. The lowest BCUT2D eigenvalue weighted by Crippen LogP contribution is -2.43. The summed E-state index contributed by atoms with van der Waals surface area (Å²) >= 11 is 0. The number of amides is 1. The molecule has 1 aliphatic rings. The zero-order chi connectivity index (χ0) is 21.0. The molecule has 0 radical (unpaired) electrons. The Morgan fingerprint density at radius 2 is 1.93 bits per heavy atom. The molecule has 29 heavy (non-hydrogen) atoms. The van der Waals surface area contributed by atoms with E-state index in [4.69, 9.17) is 9.47 Å². The van der Waals surface area contributed by atoms with E-state index >= 15 is 0 Å². The van der Waals surface area contributed by atoms with E-state index in [1.165, 1.54) is 9.58 Å². The van der Waals surface area contributed by atoms with Gasteiger partial charge >= 0.3 is 6.16 Å². The van der Waals surface area contributed by atoms with Crippen molar-refractivity contribution < 1.29 is 19.1 Å². The van der Waals surface area contributed by atoms with Gasteiger partial charge in [0.1, 0.15) is 6.10 Å². The first-order valence-corrected chi connectivity index (χ1v) is 9.87. The summed E-state index contributed by atoms with van der Waals surface area (Å²) in [6.45, 7) is 5.41. The smallest absolute Gasteiger partial charge is 0.431 e. The lowest BCUT2D eigenvalue weighted by atomic mass is 9.98. The van der Waals surface area contributed by atoms with Gasteiger partial charge in [0.15, 0.2) is 6.23 Å². The Bertz CT molecular complexity index is 876. The summed E-state index contributed by atoms with van der Waals surface area (Å²) in [5, 5.41) is 11.3. The summed E-state index contributed by atoms with van der Waals surface area (Å²) < 4.78 is 12.2. The molecule has 0 bridgehead atoms. The van der Waals surface area contributed by atoms with Gasteiger partial charge in [0.25, 0.3) is 11.9 Å². The molecule has 1 fully saturated rings. The molecule has 1 aliphatic carbocycles. The van der Waals surface area contributed by atoms with Gasteiger partial charge in [-0.05, 0) is 68.5 Å². The topological polar surface area (TPSA) is 99.4 Å². The van der Waals surface area contributed by atoms with E-state index in [0.717, 1.165) is 43.2 Å². The molecule has 1 aromatic carbocycles. The van der Waals surface area contributed by atoms with Crippen LogP contribution in [0.5, 0.6) is 0 Å². The van der Waals surface area contributed by atoms with E-state index in [9.17, 15) is 9.59 Å². The number of aromatic nitrogens is 4. The number of hydrogen-bond acceptors (Lipinski definition) is 7. The fourth-order valence-corrected chi connectivity index (χ4v) is 3.57. The van der Waals surface area contributed by atoms with E-state index in [0.29, 0.717) is 5.56 Å². The van der Waals surface area contributed by atoms with E-state index in [1.54, 1.807) is 20.0 Å². The lowest BCUT2D eigenvalue weighted by Gasteiger charge is -2.28. The first-order valence-electron chi connectivity index (χ1n) is 9.87. The van der Waals surface area contributed by atoms with Crippen LogP contribution < -0.4 is 4.90 Å². The molecule has 156 valence electrons. The van der Waals surface area contributed by atoms with E-state index in [-0.39, 0.29) is 18.0 Å². The highest BCUT2D eigenvalue weighted by atomic mass is 16.7. The van der Waals surface area contributed by atoms with Crippen molar-refractivity contribution in [2.24, 2.45) is 7.05 Å². The van der Waals surface area contributed by atoms with Crippen LogP contribution in [0.15, 0.2) is 18.2 Å². The van der Waals surface area contributed by atoms with E-state index in [1.807, 2.05) is 26.0 Å².